The van der Waals surface area contributed by atoms with Crippen LogP contribution in [0.3, 0.4) is 0 Å². The van der Waals surface area contributed by atoms with Gasteiger partial charge in [0.05, 0.1) is 27.8 Å². The lowest BCUT2D eigenvalue weighted by Crippen LogP contribution is -2.21. The van der Waals surface area contributed by atoms with Crippen LogP contribution in [-0.2, 0) is 6.42 Å². The van der Waals surface area contributed by atoms with Gasteiger partial charge in [0.2, 0.25) is 0 Å². The molecule has 0 saturated carbocycles. The summed E-state index contributed by atoms with van der Waals surface area (Å²) < 4.78 is 0. The number of benzene rings is 2. The van der Waals surface area contributed by atoms with Gasteiger partial charge in [0.1, 0.15) is 0 Å². The van der Waals surface area contributed by atoms with Crippen molar-refractivity contribution in [2.45, 2.75) is 18.6 Å². The van der Waals surface area contributed by atoms with E-state index in [-0.39, 0.29) is 16.8 Å². The first-order chi connectivity index (χ1) is 10.1. The van der Waals surface area contributed by atoms with Gasteiger partial charge in [-0.15, -0.1) is 0 Å². The molecule has 0 heterocycles. The molecule has 2 aromatic rings. The molecule has 2 atom stereocenters. The Morgan fingerprint density at radius 3 is 2.76 bits per heavy atom. The first-order valence-corrected chi connectivity index (χ1v) is 6.90. The average molecular weight is 305 g/mol. The molecule has 0 fully saturated rings. The van der Waals surface area contributed by atoms with Crippen LogP contribution >= 0.6 is 11.6 Å². The molecule has 0 radical (unpaired) electrons. The minimum atomic E-state index is -0.548. The summed E-state index contributed by atoms with van der Waals surface area (Å²) >= 11 is 6.08. The zero-order chi connectivity index (χ0) is 15.0. The number of fused-ring (bicyclic) bond motifs is 1. The van der Waals surface area contributed by atoms with Crippen LogP contribution in [0, 0.1) is 10.1 Å². The van der Waals surface area contributed by atoms with Crippen LogP contribution in [0.4, 0.5) is 11.4 Å². The summed E-state index contributed by atoms with van der Waals surface area (Å²) in [6, 6.07) is 11.8. The first kappa shape index (κ1) is 13.9. The minimum absolute atomic E-state index is 0.0575. The number of halogens is 1. The zero-order valence-corrected chi connectivity index (χ0v) is 11.7. The molecule has 0 spiro atoms. The van der Waals surface area contributed by atoms with Gasteiger partial charge in [-0.2, -0.15) is 0 Å². The predicted octanol–water partition coefficient (Wildman–Crippen LogP) is 3.32. The number of nitro benzene ring substituents is 1. The number of nitrogens with zero attached hydrogens (tertiary/aromatic N) is 1. The van der Waals surface area contributed by atoms with Gasteiger partial charge in [-0.05, 0) is 17.2 Å². The number of anilines is 1. The Balaban J connectivity index is 1.89. The Labute approximate surface area is 126 Å². The van der Waals surface area contributed by atoms with Crippen molar-refractivity contribution in [3.63, 3.8) is 0 Å². The molecule has 21 heavy (non-hydrogen) atoms. The van der Waals surface area contributed by atoms with Gasteiger partial charge in [-0.25, -0.2) is 0 Å². The summed E-state index contributed by atoms with van der Waals surface area (Å²) in [5.74, 6) is 0. The summed E-state index contributed by atoms with van der Waals surface area (Å²) in [6.07, 6.45) is 0.0342. The monoisotopic (exact) mass is 304 g/mol. The standard InChI is InChI=1S/C15H13ClN2O3/c16-12-8-10(18(20)21)5-6-13(12)17-15-11-4-2-1-3-9(11)7-14(15)19/h1-6,8,14-15,17,19H,7H2/t14-,15+/m0/s1. The minimum Gasteiger partial charge on any atom is -0.390 e. The normalized spacial score (nSPS) is 20.1. The molecule has 0 bridgehead atoms. The SMILES string of the molecule is O=[N+]([O-])c1ccc(N[C@@H]2c3ccccc3C[C@@H]2O)c(Cl)c1. The maximum absolute atomic E-state index is 10.7. The molecule has 2 N–H and O–H groups in total. The maximum Gasteiger partial charge on any atom is 0.271 e. The number of nitro groups is 1. The molecular weight excluding hydrogens is 292 g/mol. The summed E-state index contributed by atoms with van der Waals surface area (Å²) in [5, 5.41) is 24.3. The summed E-state index contributed by atoms with van der Waals surface area (Å²) in [4.78, 5) is 10.2. The first-order valence-electron chi connectivity index (χ1n) is 6.52. The molecule has 0 aliphatic heterocycles. The Bertz CT molecular complexity index is 705. The second-order valence-corrected chi connectivity index (χ2v) is 5.42. The molecule has 3 rings (SSSR count). The number of aliphatic hydroxyl groups excluding tert-OH is 1. The fourth-order valence-corrected chi connectivity index (χ4v) is 2.88. The number of aliphatic hydroxyl groups is 1. The van der Waals surface area contributed by atoms with Crippen LogP contribution in [0.1, 0.15) is 17.2 Å². The van der Waals surface area contributed by atoms with Crippen LogP contribution in [0.2, 0.25) is 5.02 Å². The van der Waals surface area contributed by atoms with E-state index in [1.807, 2.05) is 24.3 Å². The molecule has 0 aromatic heterocycles. The lowest BCUT2D eigenvalue weighted by molar-refractivity contribution is -0.384. The van der Waals surface area contributed by atoms with Crippen LogP contribution < -0.4 is 5.32 Å². The van der Waals surface area contributed by atoms with Gasteiger partial charge in [-0.3, -0.25) is 10.1 Å². The van der Waals surface area contributed by atoms with Crippen LogP contribution in [0.15, 0.2) is 42.5 Å². The highest BCUT2D eigenvalue weighted by Crippen LogP contribution is 2.36. The number of hydrogen-bond donors (Lipinski definition) is 2. The quantitative estimate of drug-likeness (QED) is 0.674. The number of rotatable bonds is 3. The van der Waals surface area contributed by atoms with Crippen molar-refractivity contribution >= 4 is 23.0 Å². The molecule has 0 amide bonds. The van der Waals surface area contributed by atoms with Crippen LogP contribution in [0.5, 0.6) is 0 Å². The van der Waals surface area contributed by atoms with Crippen molar-refractivity contribution in [3.05, 3.63) is 68.7 Å². The second-order valence-electron chi connectivity index (χ2n) is 5.01. The Kier molecular flexibility index (Phi) is 3.53. The van der Waals surface area contributed by atoms with Crippen LogP contribution in [0.25, 0.3) is 0 Å². The largest absolute Gasteiger partial charge is 0.390 e. The third kappa shape index (κ3) is 2.57. The highest BCUT2D eigenvalue weighted by Gasteiger charge is 2.31. The van der Waals surface area contributed by atoms with E-state index >= 15 is 0 Å². The fourth-order valence-electron chi connectivity index (χ4n) is 2.65. The Hall–Kier alpha value is -2.11. The van der Waals surface area contributed by atoms with Crippen molar-refractivity contribution < 1.29 is 10.0 Å². The van der Waals surface area contributed by atoms with Crippen LogP contribution in [-0.4, -0.2) is 16.1 Å². The highest BCUT2D eigenvalue weighted by molar-refractivity contribution is 6.33. The lowest BCUT2D eigenvalue weighted by atomic mass is 10.1. The molecule has 5 nitrogen and oxygen atoms in total. The van der Waals surface area contributed by atoms with E-state index in [9.17, 15) is 15.2 Å². The summed E-state index contributed by atoms with van der Waals surface area (Å²) in [5.41, 5.74) is 2.64. The Morgan fingerprint density at radius 2 is 2.05 bits per heavy atom. The van der Waals surface area contributed by atoms with Crippen molar-refractivity contribution in [1.29, 1.82) is 0 Å². The van der Waals surface area contributed by atoms with E-state index in [0.717, 1.165) is 11.1 Å². The van der Waals surface area contributed by atoms with Gasteiger partial charge >= 0.3 is 0 Å². The number of non-ortho nitro benzene ring substituents is 1. The van der Waals surface area contributed by atoms with E-state index in [4.69, 9.17) is 11.6 Å². The van der Waals surface area contributed by atoms with Crippen molar-refractivity contribution in [2.75, 3.05) is 5.32 Å². The van der Waals surface area contributed by atoms with E-state index in [1.54, 1.807) is 6.07 Å². The highest BCUT2D eigenvalue weighted by atomic mass is 35.5. The lowest BCUT2D eigenvalue weighted by Gasteiger charge is -2.20. The van der Waals surface area contributed by atoms with Gasteiger partial charge in [0.25, 0.3) is 5.69 Å². The topological polar surface area (TPSA) is 75.4 Å². The molecule has 0 saturated heterocycles. The van der Waals surface area contributed by atoms with Crippen molar-refractivity contribution in [3.8, 4) is 0 Å². The number of nitrogens with one attached hydrogen (secondary N) is 1. The van der Waals surface area contributed by atoms with Gasteiger partial charge in [-0.1, -0.05) is 35.9 Å². The molecule has 2 aromatic carbocycles. The number of hydrogen-bond acceptors (Lipinski definition) is 4. The smallest absolute Gasteiger partial charge is 0.271 e. The van der Waals surface area contributed by atoms with Crippen molar-refractivity contribution in [1.82, 2.24) is 0 Å². The molecule has 6 heteroatoms. The fraction of sp³-hybridized carbons (Fsp3) is 0.200. The summed E-state index contributed by atoms with van der Waals surface area (Å²) in [6.45, 7) is 0. The zero-order valence-electron chi connectivity index (χ0n) is 11.0. The predicted molar refractivity (Wildman–Crippen MR) is 80.6 cm³/mol. The summed E-state index contributed by atoms with van der Waals surface area (Å²) in [7, 11) is 0. The van der Waals surface area contributed by atoms with E-state index < -0.39 is 11.0 Å². The maximum atomic E-state index is 10.7. The second kappa shape index (κ2) is 5.35. The van der Waals surface area contributed by atoms with Crippen molar-refractivity contribution in [2.24, 2.45) is 0 Å². The molecule has 1 aliphatic rings. The van der Waals surface area contributed by atoms with Gasteiger partial charge in [0, 0.05) is 18.6 Å². The Morgan fingerprint density at radius 1 is 1.29 bits per heavy atom. The molecular formula is C15H13ClN2O3. The van der Waals surface area contributed by atoms with E-state index in [1.165, 1.54) is 12.1 Å². The average Bonchev–Trinajstić information content (AvgIpc) is 2.77. The van der Waals surface area contributed by atoms with E-state index in [0.29, 0.717) is 12.1 Å². The third-order valence-corrected chi connectivity index (χ3v) is 3.99. The van der Waals surface area contributed by atoms with Gasteiger partial charge < -0.3 is 10.4 Å². The molecule has 108 valence electrons. The van der Waals surface area contributed by atoms with E-state index in [2.05, 4.69) is 5.32 Å². The third-order valence-electron chi connectivity index (χ3n) is 3.68. The molecule has 1 aliphatic carbocycles. The molecule has 0 unspecified atom stereocenters. The van der Waals surface area contributed by atoms with Gasteiger partial charge in [0.15, 0.2) is 0 Å².